The number of nitrogens with zero attached hydrogens (tertiary/aromatic N) is 1. The van der Waals surface area contributed by atoms with E-state index in [0.717, 1.165) is 31.6 Å². The third-order valence-electron chi connectivity index (χ3n) is 4.83. The van der Waals surface area contributed by atoms with E-state index in [4.69, 9.17) is 4.74 Å². The van der Waals surface area contributed by atoms with Crippen molar-refractivity contribution in [2.24, 2.45) is 5.92 Å². The zero-order valence-corrected chi connectivity index (χ0v) is 14.1. The van der Waals surface area contributed by atoms with E-state index in [1.54, 1.807) is 0 Å². The minimum absolute atomic E-state index is 0.000126. The number of likely N-dealkylation sites (tertiary alicyclic amines) is 1. The minimum atomic E-state index is -0.219. The van der Waals surface area contributed by atoms with E-state index in [1.807, 2.05) is 30.0 Å². The first-order chi connectivity index (χ1) is 11.6. The largest absolute Gasteiger partial charge is 0.375 e. The number of hydrogen-bond acceptors (Lipinski definition) is 4. The fourth-order valence-electron chi connectivity index (χ4n) is 3.51. The van der Waals surface area contributed by atoms with Gasteiger partial charge in [0.05, 0.1) is 0 Å². The first-order valence-corrected chi connectivity index (χ1v) is 8.27. The van der Waals surface area contributed by atoms with Crippen LogP contribution < -0.4 is 16.0 Å². The van der Waals surface area contributed by atoms with Gasteiger partial charge in [-0.2, -0.15) is 0 Å². The summed E-state index contributed by atoms with van der Waals surface area (Å²) in [6.07, 6.45) is 1.05. The molecule has 2 heterocycles. The molecule has 2 saturated heterocycles. The maximum atomic E-state index is 12.6. The molecule has 0 bridgehead atoms. The SMILES string of the molecule is COCC(=O)Nc1cccc(NC(=O)N2CC[C@@H]3CNC[C@@H]32)c1C. The molecule has 130 valence electrons. The van der Waals surface area contributed by atoms with Crippen LogP contribution in [0.4, 0.5) is 16.2 Å². The summed E-state index contributed by atoms with van der Waals surface area (Å²) < 4.78 is 4.82. The first kappa shape index (κ1) is 16.7. The van der Waals surface area contributed by atoms with Gasteiger partial charge in [0.1, 0.15) is 6.61 Å². The molecule has 0 unspecified atom stereocenters. The summed E-state index contributed by atoms with van der Waals surface area (Å²) in [6.45, 7) is 4.53. The molecule has 7 nitrogen and oxygen atoms in total. The van der Waals surface area contributed by atoms with Crippen LogP contribution in [0.5, 0.6) is 0 Å². The molecule has 0 spiro atoms. The van der Waals surface area contributed by atoms with E-state index in [9.17, 15) is 9.59 Å². The van der Waals surface area contributed by atoms with Crippen LogP contribution in [0.1, 0.15) is 12.0 Å². The lowest BCUT2D eigenvalue weighted by Gasteiger charge is -2.24. The van der Waals surface area contributed by atoms with E-state index in [2.05, 4.69) is 16.0 Å². The Kier molecular flexibility index (Phi) is 5.01. The molecular weight excluding hydrogens is 308 g/mol. The maximum Gasteiger partial charge on any atom is 0.322 e. The van der Waals surface area contributed by atoms with Gasteiger partial charge in [-0.3, -0.25) is 4.79 Å². The summed E-state index contributed by atoms with van der Waals surface area (Å²) in [4.78, 5) is 26.2. The average Bonchev–Trinajstić information content (AvgIpc) is 3.14. The number of benzene rings is 1. The van der Waals surface area contributed by atoms with Crippen LogP contribution in [0.25, 0.3) is 0 Å². The molecule has 2 aliphatic heterocycles. The zero-order valence-electron chi connectivity index (χ0n) is 14.1. The number of nitrogens with one attached hydrogen (secondary N) is 3. The van der Waals surface area contributed by atoms with Crippen LogP contribution >= 0.6 is 0 Å². The second-order valence-corrected chi connectivity index (χ2v) is 6.36. The van der Waals surface area contributed by atoms with Gasteiger partial charge >= 0.3 is 6.03 Å². The molecule has 0 saturated carbocycles. The summed E-state index contributed by atoms with van der Waals surface area (Å²) in [6, 6.07) is 5.68. The molecule has 7 heteroatoms. The Labute approximate surface area is 141 Å². The predicted octanol–water partition coefficient (Wildman–Crippen LogP) is 1.41. The van der Waals surface area contributed by atoms with Crippen molar-refractivity contribution in [1.29, 1.82) is 0 Å². The number of fused-ring (bicyclic) bond motifs is 1. The smallest absolute Gasteiger partial charge is 0.322 e. The van der Waals surface area contributed by atoms with Crippen molar-refractivity contribution in [2.45, 2.75) is 19.4 Å². The number of methoxy groups -OCH3 is 1. The lowest BCUT2D eigenvalue weighted by molar-refractivity contribution is -0.119. The second-order valence-electron chi connectivity index (χ2n) is 6.36. The highest BCUT2D eigenvalue weighted by molar-refractivity contribution is 5.96. The van der Waals surface area contributed by atoms with E-state index in [0.29, 0.717) is 17.3 Å². The van der Waals surface area contributed by atoms with Gasteiger partial charge in [-0.1, -0.05) is 6.07 Å². The molecule has 1 aromatic carbocycles. The first-order valence-electron chi connectivity index (χ1n) is 8.27. The number of carbonyl (C=O) groups excluding carboxylic acids is 2. The fourth-order valence-corrected chi connectivity index (χ4v) is 3.51. The standard InChI is InChI=1S/C17H24N4O3/c1-11-13(19-16(22)10-24-2)4-3-5-14(11)20-17(23)21-7-6-12-8-18-9-15(12)21/h3-5,12,15,18H,6-10H2,1-2H3,(H,19,22)(H,20,23)/t12-,15+/m1/s1. The third-order valence-corrected chi connectivity index (χ3v) is 4.83. The zero-order chi connectivity index (χ0) is 17.1. The van der Waals surface area contributed by atoms with Crippen molar-refractivity contribution in [1.82, 2.24) is 10.2 Å². The fraction of sp³-hybridized carbons (Fsp3) is 0.529. The predicted molar refractivity (Wildman–Crippen MR) is 92.2 cm³/mol. The van der Waals surface area contributed by atoms with E-state index in [-0.39, 0.29) is 24.6 Å². The number of urea groups is 1. The van der Waals surface area contributed by atoms with Crippen LogP contribution in [-0.4, -0.2) is 56.2 Å². The molecule has 2 fully saturated rings. The van der Waals surface area contributed by atoms with Crippen molar-refractivity contribution in [3.05, 3.63) is 23.8 Å². The molecular formula is C17H24N4O3. The molecule has 24 heavy (non-hydrogen) atoms. The average molecular weight is 332 g/mol. The maximum absolute atomic E-state index is 12.6. The summed E-state index contributed by atoms with van der Waals surface area (Å²) in [5.41, 5.74) is 2.22. The highest BCUT2D eigenvalue weighted by atomic mass is 16.5. The van der Waals surface area contributed by atoms with Crippen molar-refractivity contribution in [2.75, 3.05) is 44.0 Å². The Hall–Kier alpha value is -2.12. The molecule has 2 aliphatic rings. The van der Waals surface area contributed by atoms with Gasteiger partial charge in [0, 0.05) is 44.2 Å². The molecule has 3 amide bonds. The van der Waals surface area contributed by atoms with Crippen molar-refractivity contribution in [3.63, 3.8) is 0 Å². The number of amides is 3. The number of anilines is 2. The van der Waals surface area contributed by atoms with Gasteiger partial charge in [0.15, 0.2) is 0 Å². The van der Waals surface area contributed by atoms with E-state index in [1.165, 1.54) is 7.11 Å². The van der Waals surface area contributed by atoms with Crippen molar-refractivity contribution < 1.29 is 14.3 Å². The summed E-state index contributed by atoms with van der Waals surface area (Å²) in [5, 5.41) is 9.13. The van der Waals surface area contributed by atoms with Crippen LogP contribution in [-0.2, 0) is 9.53 Å². The summed E-state index contributed by atoms with van der Waals surface area (Å²) >= 11 is 0. The third kappa shape index (κ3) is 3.37. The monoisotopic (exact) mass is 332 g/mol. The highest BCUT2D eigenvalue weighted by Gasteiger charge is 2.39. The van der Waals surface area contributed by atoms with Gasteiger partial charge in [0.2, 0.25) is 5.91 Å². The molecule has 3 N–H and O–H groups in total. The van der Waals surface area contributed by atoms with Crippen LogP contribution in [0.2, 0.25) is 0 Å². The Morgan fingerprint density at radius 3 is 2.79 bits per heavy atom. The van der Waals surface area contributed by atoms with E-state index >= 15 is 0 Å². The van der Waals surface area contributed by atoms with Gasteiger partial charge in [-0.25, -0.2) is 4.79 Å². The van der Waals surface area contributed by atoms with Crippen LogP contribution in [0.15, 0.2) is 18.2 Å². The molecule has 0 aliphatic carbocycles. The topological polar surface area (TPSA) is 82.7 Å². The lowest BCUT2D eigenvalue weighted by Crippen LogP contribution is -2.41. The van der Waals surface area contributed by atoms with Gasteiger partial charge in [0.25, 0.3) is 0 Å². The number of carbonyl (C=O) groups is 2. The Bertz CT molecular complexity index is 634. The Morgan fingerprint density at radius 1 is 1.29 bits per heavy atom. The quantitative estimate of drug-likeness (QED) is 0.778. The van der Waals surface area contributed by atoms with Crippen molar-refractivity contribution in [3.8, 4) is 0 Å². The lowest BCUT2D eigenvalue weighted by atomic mass is 10.1. The van der Waals surface area contributed by atoms with E-state index < -0.39 is 0 Å². The summed E-state index contributed by atoms with van der Waals surface area (Å²) in [7, 11) is 1.48. The Morgan fingerprint density at radius 2 is 2.04 bits per heavy atom. The number of hydrogen-bond donors (Lipinski definition) is 3. The summed E-state index contributed by atoms with van der Waals surface area (Å²) in [5.74, 6) is 0.347. The molecule has 0 aromatic heterocycles. The molecule has 2 atom stereocenters. The number of ether oxygens (including phenoxy) is 1. The van der Waals surface area contributed by atoms with Gasteiger partial charge in [-0.05, 0) is 37.0 Å². The molecule has 1 aromatic rings. The minimum Gasteiger partial charge on any atom is -0.375 e. The van der Waals surface area contributed by atoms with Crippen molar-refractivity contribution >= 4 is 23.3 Å². The second kappa shape index (κ2) is 7.19. The molecule has 3 rings (SSSR count). The highest BCUT2D eigenvalue weighted by Crippen LogP contribution is 2.29. The van der Waals surface area contributed by atoms with Gasteiger partial charge in [-0.15, -0.1) is 0 Å². The van der Waals surface area contributed by atoms with Crippen LogP contribution in [0.3, 0.4) is 0 Å². The molecule has 0 radical (unpaired) electrons. The number of rotatable bonds is 4. The Balaban J connectivity index is 1.68. The van der Waals surface area contributed by atoms with Crippen LogP contribution in [0, 0.1) is 12.8 Å². The normalized spacial score (nSPS) is 22.3. The van der Waals surface area contributed by atoms with Gasteiger partial charge < -0.3 is 25.6 Å².